The molecule has 2 atom stereocenters. The third kappa shape index (κ3) is 3.70. The number of amides is 1. The van der Waals surface area contributed by atoms with E-state index in [4.69, 9.17) is 4.74 Å². The molecule has 1 N–H and O–H groups in total. The third-order valence-corrected chi connectivity index (χ3v) is 3.52. The van der Waals surface area contributed by atoms with Crippen molar-refractivity contribution in [2.75, 3.05) is 13.1 Å². The van der Waals surface area contributed by atoms with Crippen molar-refractivity contribution in [3.63, 3.8) is 0 Å². The largest absolute Gasteiger partial charge is 0.445 e. The average Bonchev–Trinajstić information content (AvgIpc) is 2.46. The summed E-state index contributed by atoms with van der Waals surface area (Å²) in [6.07, 6.45) is 0.740. The average molecular weight is 262 g/mol. The molecular formula is C15H22N2O2. The molecule has 1 aromatic rings. The lowest BCUT2D eigenvalue weighted by Crippen LogP contribution is -2.57. The lowest BCUT2D eigenvalue weighted by molar-refractivity contribution is 0.0637. The van der Waals surface area contributed by atoms with Crippen LogP contribution in [0, 0.1) is 0 Å². The van der Waals surface area contributed by atoms with Gasteiger partial charge < -0.3 is 15.0 Å². The van der Waals surface area contributed by atoms with Crippen LogP contribution in [-0.2, 0) is 11.3 Å². The Hall–Kier alpha value is -1.55. The number of carbonyl (C=O) groups is 1. The lowest BCUT2D eigenvalue weighted by Gasteiger charge is -2.38. The molecule has 1 saturated heterocycles. The number of nitrogens with one attached hydrogen (secondary N) is 1. The topological polar surface area (TPSA) is 41.6 Å². The molecule has 0 aromatic heterocycles. The van der Waals surface area contributed by atoms with E-state index in [1.54, 1.807) is 0 Å². The molecule has 0 radical (unpaired) electrons. The summed E-state index contributed by atoms with van der Waals surface area (Å²) in [6.45, 7) is 6.09. The Balaban J connectivity index is 1.90. The van der Waals surface area contributed by atoms with E-state index in [-0.39, 0.29) is 12.1 Å². The fraction of sp³-hybridized carbons (Fsp3) is 0.533. The number of hydrogen-bond acceptors (Lipinski definition) is 3. The van der Waals surface area contributed by atoms with Crippen LogP contribution in [0.5, 0.6) is 0 Å². The lowest BCUT2D eigenvalue weighted by atomic mass is 10.1. The minimum Gasteiger partial charge on any atom is -0.445 e. The molecule has 1 heterocycles. The van der Waals surface area contributed by atoms with E-state index >= 15 is 0 Å². The predicted octanol–water partition coefficient (Wildman–Crippen LogP) is 2.40. The van der Waals surface area contributed by atoms with Crippen LogP contribution < -0.4 is 5.32 Å². The zero-order valence-electron chi connectivity index (χ0n) is 11.6. The molecule has 2 rings (SSSR count). The fourth-order valence-electron chi connectivity index (χ4n) is 2.35. The van der Waals surface area contributed by atoms with Crippen molar-refractivity contribution in [1.82, 2.24) is 10.2 Å². The molecular weight excluding hydrogens is 240 g/mol. The highest BCUT2D eigenvalue weighted by atomic mass is 16.6. The molecule has 1 fully saturated rings. The molecule has 0 spiro atoms. The van der Waals surface area contributed by atoms with Crippen LogP contribution in [0.4, 0.5) is 4.79 Å². The Morgan fingerprint density at radius 2 is 2.16 bits per heavy atom. The summed E-state index contributed by atoms with van der Waals surface area (Å²) in [7, 11) is 0. The maximum absolute atomic E-state index is 12.2. The summed E-state index contributed by atoms with van der Waals surface area (Å²) in [5.41, 5.74) is 1.02. The molecule has 19 heavy (non-hydrogen) atoms. The molecule has 4 nitrogen and oxygen atoms in total. The Morgan fingerprint density at radius 1 is 1.42 bits per heavy atom. The monoisotopic (exact) mass is 262 g/mol. The van der Waals surface area contributed by atoms with Gasteiger partial charge in [-0.15, -0.1) is 0 Å². The van der Waals surface area contributed by atoms with Crippen molar-refractivity contribution in [3.8, 4) is 0 Å². The third-order valence-electron chi connectivity index (χ3n) is 3.52. The fourth-order valence-corrected chi connectivity index (χ4v) is 2.35. The van der Waals surface area contributed by atoms with Gasteiger partial charge in [-0.1, -0.05) is 37.3 Å². The number of benzene rings is 1. The molecule has 4 heteroatoms. The van der Waals surface area contributed by atoms with E-state index in [9.17, 15) is 4.79 Å². The minimum atomic E-state index is -0.205. The first kappa shape index (κ1) is 13.9. The van der Waals surface area contributed by atoms with Crippen molar-refractivity contribution in [2.24, 2.45) is 0 Å². The van der Waals surface area contributed by atoms with Gasteiger partial charge in [-0.05, 0) is 18.9 Å². The standard InChI is InChI=1S/C15H22N2O2/c1-3-14-9-16-12(2)10-17(14)15(18)19-11-13-7-5-4-6-8-13/h4-8,12,14,16H,3,9-11H2,1-2H3/t12-,14+/m1/s1. The van der Waals surface area contributed by atoms with E-state index < -0.39 is 0 Å². The zero-order chi connectivity index (χ0) is 13.7. The summed E-state index contributed by atoms with van der Waals surface area (Å²) in [5, 5.41) is 3.39. The second kappa shape index (κ2) is 6.57. The maximum atomic E-state index is 12.2. The van der Waals surface area contributed by atoms with Crippen molar-refractivity contribution >= 4 is 6.09 Å². The minimum absolute atomic E-state index is 0.205. The maximum Gasteiger partial charge on any atom is 0.410 e. The summed E-state index contributed by atoms with van der Waals surface area (Å²) in [5.74, 6) is 0. The van der Waals surface area contributed by atoms with Crippen LogP contribution in [0.25, 0.3) is 0 Å². The molecule has 1 aromatic carbocycles. The highest BCUT2D eigenvalue weighted by Crippen LogP contribution is 2.13. The van der Waals surface area contributed by atoms with Crippen LogP contribution in [0.15, 0.2) is 30.3 Å². The van der Waals surface area contributed by atoms with Crippen LogP contribution in [-0.4, -0.2) is 36.2 Å². The van der Waals surface area contributed by atoms with Gasteiger partial charge in [0.25, 0.3) is 0 Å². The second-order valence-corrected chi connectivity index (χ2v) is 5.06. The highest BCUT2D eigenvalue weighted by Gasteiger charge is 2.29. The molecule has 0 saturated carbocycles. The molecule has 104 valence electrons. The van der Waals surface area contributed by atoms with Crippen molar-refractivity contribution < 1.29 is 9.53 Å². The van der Waals surface area contributed by atoms with Gasteiger partial charge in [0.1, 0.15) is 6.61 Å². The van der Waals surface area contributed by atoms with Crippen LogP contribution in [0.1, 0.15) is 25.8 Å². The van der Waals surface area contributed by atoms with Gasteiger partial charge in [0.15, 0.2) is 0 Å². The Bertz CT molecular complexity index is 408. The first-order valence-corrected chi connectivity index (χ1v) is 6.91. The van der Waals surface area contributed by atoms with Crippen molar-refractivity contribution in [1.29, 1.82) is 0 Å². The normalized spacial score (nSPS) is 23.2. The number of carbonyl (C=O) groups excluding carboxylic acids is 1. The molecule has 1 aliphatic heterocycles. The van der Waals surface area contributed by atoms with Gasteiger partial charge in [-0.3, -0.25) is 0 Å². The number of ether oxygens (including phenoxy) is 1. The quantitative estimate of drug-likeness (QED) is 0.909. The molecule has 0 aliphatic carbocycles. The molecule has 1 aliphatic rings. The van der Waals surface area contributed by atoms with Gasteiger partial charge in [-0.25, -0.2) is 4.79 Å². The van der Waals surface area contributed by atoms with Gasteiger partial charge in [-0.2, -0.15) is 0 Å². The summed E-state index contributed by atoms with van der Waals surface area (Å²) in [4.78, 5) is 14.0. The first-order valence-electron chi connectivity index (χ1n) is 6.91. The van der Waals surface area contributed by atoms with Gasteiger partial charge in [0.2, 0.25) is 0 Å². The van der Waals surface area contributed by atoms with Crippen molar-refractivity contribution in [2.45, 2.75) is 39.0 Å². The van der Waals surface area contributed by atoms with Crippen LogP contribution in [0.2, 0.25) is 0 Å². The smallest absolute Gasteiger partial charge is 0.410 e. The molecule has 0 bridgehead atoms. The second-order valence-electron chi connectivity index (χ2n) is 5.06. The van der Waals surface area contributed by atoms with Crippen LogP contribution in [0.3, 0.4) is 0 Å². The first-order chi connectivity index (χ1) is 9.20. The summed E-state index contributed by atoms with van der Waals surface area (Å²) in [6, 6.07) is 10.3. The zero-order valence-corrected chi connectivity index (χ0v) is 11.6. The van der Waals surface area contributed by atoms with E-state index in [0.29, 0.717) is 19.2 Å². The van der Waals surface area contributed by atoms with Crippen LogP contribution >= 0.6 is 0 Å². The SMILES string of the molecule is CC[C@H]1CN[C@H](C)CN1C(=O)OCc1ccccc1. The van der Waals surface area contributed by atoms with Crippen molar-refractivity contribution in [3.05, 3.63) is 35.9 Å². The molecule has 1 amide bonds. The van der Waals surface area contributed by atoms with E-state index in [1.807, 2.05) is 35.2 Å². The van der Waals surface area contributed by atoms with E-state index in [1.165, 1.54) is 0 Å². The number of piperazine rings is 1. The summed E-state index contributed by atoms with van der Waals surface area (Å²) < 4.78 is 5.41. The van der Waals surface area contributed by atoms with Gasteiger partial charge in [0.05, 0.1) is 0 Å². The Morgan fingerprint density at radius 3 is 2.84 bits per heavy atom. The Kier molecular flexibility index (Phi) is 4.80. The van der Waals surface area contributed by atoms with Gasteiger partial charge >= 0.3 is 6.09 Å². The number of hydrogen-bond donors (Lipinski definition) is 1. The van der Waals surface area contributed by atoms with Gasteiger partial charge in [0, 0.05) is 25.2 Å². The Labute approximate surface area is 114 Å². The number of rotatable bonds is 3. The van der Waals surface area contributed by atoms with E-state index in [2.05, 4.69) is 19.2 Å². The van der Waals surface area contributed by atoms with E-state index in [0.717, 1.165) is 18.5 Å². The molecule has 0 unspecified atom stereocenters. The number of nitrogens with zero attached hydrogens (tertiary/aromatic N) is 1. The summed E-state index contributed by atoms with van der Waals surface area (Å²) >= 11 is 0. The highest BCUT2D eigenvalue weighted by molar-refractivity contribution is 5.68. The predicted molar refractivity (Wildman–Crippen MR) is 74.9 cm³/mol.